The summed E-state index contributed by atoms with van der Waals surface area (Å²) in [5.74, 6) is 0.746. The van der Waals surface area contributed by atoms with E-state index in [2.05, 4.69) is 53.3 Å². The molecule has 0 aliphatic heterocycles. The van der Waals surface area contributed by atoms with Gasteiger partial charge in [0.15, 0.2) is 6.54 Å². The molecule has 26 heavy (non-hydrogen) atoms. The van der Waals surface area contributed by atoms with Crippen LogP contribution in [-0.2, 0) is 4.79 Å². The van der Waals surface area contributed by atoms with Crippen LogP contribution in [0.25, 0.3) is 0 Å². The Morgan fingerprint density at radius 1 is 1.12 bits per heavy atom. The summed E-state index contributed by atoms with van der Waals surface area (Å²) in [6.45, 7) is 2.43. The lowest BCUT2D eigenvalue weighted by molar-refractivity contribution is -0.675. The van der Waals surface area contributed by atoms with Crippen LogP contribution in [0.2, 0.25) is 0 Å². The van der Waals surface area contributed by atoms with Gasteiger partial charge in [-0.1, -0.05) is 35.9 Å². The molecule has 0 bridgehead atoms. The van der Waals surface area contributed by atoms with Gasteiger partial charge in [0.1, 0.15) is 11.8 Å². The zero-order chi connectivity index (χ0) is 18.4. The Bertz CT molecular complexity index is 827. The maximum Gasteiger partial charge on any atom is 0.279 e. The molecule has 4 nitrogen and oxygen atoms in total. The third kappa shape index (κ3) is 4.71. The van der Waals surface area contributed by atoms with Gasteiger partial charge in [-0.25, -0.2) is 0 Å². The molecule has 0 aliphatic carbocycles. The van der Waals surface area contributed by atoms with E-state index >= 15 is 0 Å². The van der Waals surface area contributed by atoms with E-state index in [0.29, 0.717) is 6.54 Å². The number of methoxy groups -OCH3 is 1. The van der Waals surface area contributed by atoms with Crippen LogP contribution in [0.3, 0.4) is 0 Å². The van der Waals surface area contributed by atoms with Crippen molar-refractivity contribution >= 4 is 22.9 Å². The Balaban J connectivity index is 1.65. The smallest absolute Gasteiger partial charge is 0.279 e. The van der Waals surface area contributed by atoms with Crippen LogP contribution in [0, 0.1) is 6.92 Å². The van der Waals surface area contributed by atoms with Crippen LogP contribution >= 0.6 is 11.3 Å². The quantitative estimate of drug-likeness (QED) is 0.673. The average molecular weight is 367 g/mol. The van der Waals surface area contributed by atoms with Crippen LogP contribution in [0.15, 0.2) is 66.0 Å². The summed E-state index contributed by atoms with van der Waals surface area (Å²) in [6.07, 6.45) is 0. The molecular formula is C21H23N2O2S+. The van der Waals surface area contributed by atoms with E-state index < -0.39 is 0 Å². The van der Waals surface area contributed by atoms with Crippen molar-refractivity contribution in [1.29, 1.82) is 0 Å². The first-order chi connectivity index (χ1) is 12.7. The molecule has 2 aromatic carbocycles. The van der Waals surface area contributed by atoms with Gasteiger partial charge in [0.25, 0.3) is 5.91 Å². The van der Waals surface area contributed by atoms with Crippen molar-refractivity contribution in [3.8, 4) is 5.75 Å². The Labute approximate surface area is 157 Å². The molecule has 0 radical (unpaired) electrons. The number of carbonyl (C=O) groups is 1. The maximum absolute atomic E-state index is 12.4. The molecule has 1 heterocycles. The molecule has 5 heteroatoms. The molecule has 1 amide bonds. The maximum atomic E-state index is 12.4. The summed E-state index contributed by atoms with van der Waals surface area (Å²) >= 11 is 1.71. The molecule has 0 fully saturated rings. The molecule has 1 atom stereocenters. The second-order valence-electron chi connectivity index (χ2n) is 6.12. The number of nitrogens with two attached hydrogens (primary N) is 1. The number of hydrogen-bond donors (Lipinski definition) is 2. The van der Waals surface area contributed by atoms with Crippen molar-refractivity contribution in [3.63, 3.8) is 0 Å². The predicted octanol–water partition coefficient (Wildman–Crippen LogP) is 3.36. The summed E-state index contributed by atoms with van der Waals surface area (Å²) in [5, 5.41) is 7.08. The zero-order valence-corrected chi connectivity index (χ0v) is 15.8. The summed E-state index contributed by atoms with van der Waals surface area (Å²) in [5.41, 5.74) is 3.21. The fraction of sp³-hybridized carbons (Fsp3) is 0.190. The molecule has 3 N–H and O–H groups in total. The van der Waals surface area contributed by atoms with Gasteiger partial charge in [0.05, 0.1) is 12.0 Å². The van der Waals surface area contributed by atoms with Crippen molar-refractivity contribution in [2.24, 2.45) is 0 Å². The fourth-order valence-corrected chi connectivity index (χ4v) is 3.62. The minimum Gasteiger partial charge on any atom is -0.497 e. The van der Waals surface area contributed by atoms with E-state index in [1.807, 2.05) is 30.3 Å². The van der Waals surface area contributed by atoms with E-state index in [0.717, 1.165) is 11.4 Å². The normalized spacial score (nSPS) is 11.8. The molecule has 0 unspecified atom stereocenters. The van der Waals surface area contributed by atoms with Gasteiger partial charge in [-0.2, -0.15) is 0 Å². The predicted molar refractivity (Wildman–Crippen MR) is 106 cm³/mol. The minimum absolute atomic E-state index is 0.0242. The Kier molecular flexibility index (Phi) is 6.04. The summed E-state index contributed by atoms with van der Waals surface area (Å²) < 4.78 is 5.13. The van der Waals surface area contributed by atoms with Gasteiger partial charge in [-0.05, 0) is 42.6 Å². The molecule has 3 rings (SSSR count). The largest absolute Gasteiger partial charge is 0.497 e. The second kappa shape index (κ2) is 8.65. The van der Waals surface area contributed by atoms with Crippen LogP contribution in [0.4, 0.5) is 5.69 Å². The van der Waals surface area contributed by atoms with Crippen LogP contribution < -0.4 is 15.4 Å². The lowest BCUT2D eigenvalue weighted by Gasteiger charge is -2.15. The van der Waals surface area contributed by atoms with E-state index in [1.165, 1.54) is 16.0 Å². The summed E-state index contributed by atoms with van der Waals surface area (Å²) in [7, 11) is 1.62. The lowest BCUT2D eigenvalue weighted by atomic mass is 10.0. The number of amides is 1. The number of thiophene rings is 1. The molecule has 3 aromatic rings. The van der Waals surface area contributed by atoms with E-state index in [1.54, 1.807) is 18.4 Å². The highest BCUT2D eigenvalue weighted by Crippen LogP contribution is 2.23. The summed E-state index contributed by atoms with van der Waals surface area (Å²) in [4.78, 5) is 13.6. The summed E-state index contributed by atoms with van der Waals surface area (Å²) in [6, 6.07) is 20.1. The topological polar surface area (TPSA) is 54.9 Å². The van der Waals surface area contributed by atoms with Crippen molar-refractivity contribution < 1.29 is 14.8 Å². The highest BCUT2D eigenvalue weighted by molar-refractivity contribution is 7.10. The minimum atomic E-state index is -0.0242. The first-order valence-corrected chi connectivity index (χ1v) is 9.41. The molecule has 0 spiro atoms. The number of benzene rings is 2. The third-order valence-electron chi connectivity index (χ3n) is 4.20. The first kappa shape index (κ1) is 18.2. The number of anilines is 1. The molecule has 0 aliphatic rings. The van der Waals surface area contributed by atoms with Gasteiger partial charge in [-0.3, -0.25) is 4.79 Å². The Hall–Kier alpha value is -2.63. The van der Waals surface area contributed by atoms with Gasteiger partial charge in [0, 0.05) is 11.3 Å². The third-order valence-corrected chi connectivity index (χ3v) is 5.15. The highest BCUT2D eigenvalue weighted by Gasteiger charge is 2.20. The number of nitrogens with one attached hydrogen (secondary N) is 1. The molecule has 1 aromatic heterocycles. The van der Waals surface area contributed by atoms with E-state index in [9.17, 15) is 4.79 Å². The number of ether oxygens (including phenoxy) is 1. The highest BCUT2D eigenvalue weighted by atomic mass is 32.1. The molecule has 0 saturated carbocycles. The monoisotopic (exact) mass is 367 g/mol. The number of aryl methyl sites for hydroxylation is 1. The van der Waals surface area contributed by atoms with Crippen LogP contribution in [0.5, 0.6) is 5.75 Å². The van der Waals surface area contributed by atoms with Gasteiger partial charge < -0.3 is 15.4 Å². The van der Waals surface area contributed by atoms with Crippen LogP contribution in [0.1, 0.15) is 22.0 Å². The zero-order valence-electron chi connectivity index (χ0n) is 14.9. The average Bonchev–Trinajstić information content (AvgIpc) is 3.18. The van der Waals surface area contributed by atoms with Gasteiger partial charge >= 0.3 is 0 Å². The molecule has 134 valence electrons. The SMILES string of the molecule is COc1ccc(NC(=O)C[NH2+][C@H](c2ccc(C)cc2)c2cccs2)cc1. The number of carbonyl (C=O) groups excluding carboxylic acids is 1. The van der Waals surface area contributed by atoms with Crippen molar-refractivity contribution in [3.05, 3.63) is 82.0 Å². The second-order valence-corrected chi connectivity index (χ2v) is 7.10. The van der Waals surface area contributed by atoms with Crippen molar-refractivity contribution in [2.45, 2.75) is 13.0 Å². The standard InChI is InChI=1S/C21H22N2O2S/c1-15-5-7-16(8-6-15)21(19-4-3-13-26-19)22-14-20(24)23-17-9-11-18(25-2)12-10-17/h3-13,21-22H,14H2,1-2H3,(H,23,24)/p+1/t21-/m1/s1. The lowest BCUT2D eigenvalue weighted by Crippen LogP contribution is -2.87. The fourth-order valence-electron chi connectivity index (χ4n) is 2.77. The number of hydrogen-bond acceptors (Lipinski definition) is 3. The first-order valence-electron chi connectivity index (χ1n) is 8.53. The number of rotatable bonds is 7. The van der Waals surface area contributed by atoms with E-state index in [-0.39, 0.29) is 11.9 Å². The van der Waals surface area contributed by atoms with Crippen molar-refractivity contribution in [1.82, 2.24) is 0 Å². The Morgan fingerprint density at radius 2 is 1.85 bits per heavy atom. The van der Waals surface area contributed by atoms with E-state index in [4.69, 9.17) is 4.74 Å². The van der Waals surface area contributed by atoms with Gasteiger partial charge in [-0.15, -0.1) is 11.3 Å². The molecule has 0 saturated heterocycles. The van der Waals surface area contributed by atoms with Crippen LogP contribution in [-0.4, -0.2) is 19.6 Å². The molecular weight excluding hydrogens is 344 g/mol. The van der Waals surface area contributed by atoms with Crippen molar-refractivity contribution in [2.75, 3.05) is 19.0 Å². The van der Waals surface area contributed by atoms with Gasteiger partial charge in [0.2, 0.25) is 0 Å². The number of quaternary nitrogens is 1. The Morgan fingerprint density at radius 3 is 2.46 bits per heavy atom.